The van der Waals surface area contributed by atoms with E-state index < -0.39 is 0 Å². The second-order valence-electron chi connectivity index (χ2n) is 7.09. The van der Waals surface area contributed by atoms with Crippen molar-refractivity contribution in [2.75, 3.05) is 31.7 Å². The highest BCUT2D eigenvalue weighted by molar-refractivity contribution is 5.96. The molecule has 0 spiro atoms. The van der Waals surface area contributed by atoms with E-state index in [2.05, 4.69) is 14.9 Å². The highest BCUT2D eigenvalue weighted by atomic mass is 16.5. The third kappa shape index (κ3) is 3.50. The molecule has 2 aliphatic heterocycles. The van der Waals surface area contributed by atoms with Crippen molar-refractivity contribution in [1.29, 1.82) is 0 Å². The lowest BCUT2D eigenvalue weighted by atomic mass is 10.1. The van der Waals surface area contributed by atoms with E-state index in [9.17, 15) is 9.59 Å². The van der Waals surface area contributed by atoms with Crippen LogP contribution in [0, 0.1) is 0 Å². The van der Waals surface area contributed by atoms with Gasteiger partial charge in [0.25, 0.3) is 5.91 Å². The number of hydrogen-bond acceptors (Lipinski definition) is 7. The van der Waals surface area contributed by atoms with Crippen molar-refractivity contribution in [3.05, 3.63) is 47.8 Å². The Morgan fingerprint density at radius 3 is 2.69 bits per heavy atom. The summed E-state index contributed by atoms with van der Waals surface area (Å²) in [6.45, 7) is 3.51. The first kappa shape index (κ1) is 19.2. The number of fused-ring (bicyclic) bond motifs is 1. The normalized spacial score (nSPS) is 20.5. The molecule has 2 aromatic rings. The Hall–Kier alpha value is -3.16. The fraction of sp³-hybridized carbons (Fsp3) is 0.429. The highest BCUT2D eigenvalue weighted by Crippen LogP contribution is 2.36. The molecule has 152 valence electrons. The molecule has 2 atom stereocenters. The number of hydrogen-bond donors (Lipinski definition) is 0. The largest absolute Gasteiger partial charge is 0.481 e. The van der Waals surface area contributed by atoms with Crippen LogP contribution in [0.25, 0.3) is 0 Å². The van der Waals surface area contributed by atoms with Gasteiger partial charge in [0.15, 0.2) is 0 Å². The monoisotopic (exact) mass is 396 g/mol. The van der Waals surface area contributed by atoms with Gasteiger partial charge in [0.2, 0.25) is 5.88 Å². The number of methoxy groups -OCH3 is 1. The smallest absolute Gasteiger partial charge is 0.341 e. The maximum atomic E-state index is 13.0. The maximum Gasteiger partial charge on any atom is 0.341 e. The molecule has 4 heterocycles. The van der Waals surface area contributed by atoms with Crippen LogP contribution >= 0.6 is 0 Å². The number of esters is 1. The van der Waals surface area contributed by atoms with E-state index in [0.29, 0.717) is 36.0 Å². The van der Waals surface area contributed by atoms with Crippen LogP contribution < -0.4 is 9.64 Å². The summed E-state index contributed by atoms with van der Waals surface area (Å²) >= 11 is 0. The van der Waals surface area contributed by atoms with Gasteiger partial charge in [0.05, 0.1) is 31.4 Å². The van der Waals surface area contributed by atoms with Crippen LogP contribution in [0.3, 0.4) is 0 Å². The summed E-state index contributed by atoms with van der Waals surface area (Å²) in [5.41, 5.74) is 1.02. The molecule has 29 heavy (non-hydrogen) atoms. The summed E-state index contributed by atoms with van der Waals surface area (Å²) in [6, 6.07) is 7.14. The summed E-state index contributed by atoms with van der Waals surface area (Å²) in [4.78, 5) is 38.1. The minimum absolute atomic E-state index is 0.0267. The molecule has 0 bridgehead atoms. The van der Waals surface area contributed by atoms with Crippen molar-refractivity contribution >= 4 is 17.7 Å². The van der Waals surface area contributed by atoms with E-state index in [1.165, 1.54) is 0 Å². The zero-order valence-corrected chi connectivity index (χ0v) is 16.6. The minimum atomic E-state index is -0.366. The van der Waals surface area contributed by atoms with Gasteiger partial charge in [-0.1, -0.05) is 0 Å². The Labute approximate surface area is 169 Å². The number of aromatic nitrogens is 2. The number of carbonyl (C=O) groups is 2. The van der Waals surface area contributed by atoms with E-state index in [4.69, 9.17) is 9.47 Å². The molecule has 0 unspecified atom stereocenters. The van der Waals surface area contributed by atoms with E-state index in [0.717, 1.165) is 19.4 Å². The number of anilines is 1. The van der Waals surface area contributed by atoms with Crippen LogP contribution in [0.15, 0.2) is 36.7 Å². The molecule has 0 aromatic carbocycles. The number of rotatable bonds is 5. The molecule has 4 rings (SSSR count). The minimum Gasteiger partial charge on any atom is -0.481 e. The fourth-order valence-electron chi connectivity index (χ4n) is 4.29. The molecule has 1 amide bonds. The predicted molar refractivity (Wildman–Crippen MR) is 106 cm³/mol. The van der Waals surface area contributed by atoms with Crippen molar-refractivity contribution in [1.82, 2.24) is 14.9 Å². The van der Waals surface area contributed by atoms with Crippen LogP contribution in [-0.2, 0) is 4.74 Å². The fourth-order valence-corrected chi connectivity index (χ4v) is 4.29. The van der Waals surface area contributed by atoms with E-state index >= 15 is 0 Å². The molecule has 2 aliphatic rings. The number of carbonyl (C=O) groups excluding carboxylic acids is 2. The molecule has 2 fully saturated rings. The van der Waals surface area contributed by atoms with Gasteiger partial charge in [0, 0.05) is 31.5 Å². The average molecular weight is 396 g/mol. The molecule has 2 saturated heterocycles. The number of nitrogens with zero attached hydrogens (tertiary/aromatic N) is 4. The SMILES string of the molecule is CCOC(=O)c1cccnc1N1CC[C@H]2[C@@H]1CCN2C(=O)c1ccc(OC)nc1. The summed E-state index contributed by atoms with van der Waals surface area (Å²) in [5.74, 6) is 0.726. The van der Waals surface area contributed by atoms with Gasteiger partial charge in [-0.25, -0.2) is 14.8 Å². The predicted octanol–water partition coefficient (Wildman–Crippen LogP) is 2.16. The van der Waals surface area contributed by atoms with E-state index in [-0.39, 0.29) is 24.0 Å². The first-order valence-electron chi connectivity index (χ1n) is 9.83. The van der Waals surface area contributed by atoms with Crippen molar-refractivity contribution in [2.45, 2.75) is 31.8 Å². The van der Waals surface area contributed by atoms with Crippen molar-refractivity contribution in [3.8, 4) is 5.88 Å². The third-order valence-electron chi connectivity index (χ3n) is 5.58. The Balaban J connectivity index is 1.54. The zero-order chi connectivity index (χ0) is 20.4. The van der Waals surface area contributed by atoms with Gasteiger partial charge in [-0.15, -0.1) is 0 Å². The molecule has 8 heteroatoms. The van der Waals surface area contributed by atoms with Gasteiger partial charge in [-0.2, -0.15) is 0 Å². The summed E-state index contributed by atoms with van der Waals surface area (Å²) < 4.78 is 10.3. The molecular weight excluding hydrogens is 372 g/mol. The zero-order valence-electron chi connectivity index (χ0n) is 16.6. The first-order chi connectivity index (χ1) is 14.1. The van der Waals surface area contributed by atoms with Crippen LogP contribution in [0.4, 0.5) is 5.82 Å². The standard InChI is InChI=1S/C21H24N4O4/c1-3-29-21(27)15-5-4-10-22-19(15)24-11-8-17-16(24)9-12-25(17)20(26)14-6-7-18(28-2)23-13-14/h4-7,10,13,16-17H,3,8-9,11-12H2,1-2H3/t16-,17-/m0/s1. The van der Waals surface area contributed by atoms with Crippen molar-refractivity contribution in [3.63, 3.8) is 0 Å². The highest BCUT2D eigenvalue weighted by Gasteiger charge is 2.45. The number of amides is 1. The number of pyridine rings is 2. The summed E-state index contributed by atoms with van der Waals surface area (Å²) in [5, 5.41) is 0. The lowest BCUT2D eigenvalue weighted by molar-refractivity contribution is 0.0526. The molecular formula is C21H24N4O4. The average Bonchev–Trinajstić information content (AvgIpc) is 3.36. The van der Waals surface area contributed by atoms with Crippen molar-refractivity contribution in [2.24, 2.45) is 0 Å². The topological polar surface area (TPSA) is 84.9 Å². The Bertz CT molecular complexity index is 902. The van der Waals surface area contributed by atoms with Crippen LogP contribution in [-0.4, -0.2) is 65.6 Å². The van der Waals surface area contributed by atoms with Gasteiger partial charge >= 0.3 is 5.97 Å². The second-order valence-corrected chi connectivity index (χ2v) is 7.09. The maximum absolute atomic E-state index is 13.0. The van der Waals surface area contributed by atoms with Crippen LogP contribution in [0.2, 0.25) is 0 Å². The summed E-state index contributed by atoms with van der Waals surface area (Å²) in [7, 11) is 1.55. The Morgan fingerprint density at radius 1 is 1.14 bits per heavy atom. The lowest BCUT2D eigenvalue weighted by Crippen LogP contribution is -2.40. The van der Waals surface area contributed by atoms with Crippen molar-refractivity contribution < 1.29 is 19.1 Å². The molecule has 0 saturated carbocycles. The Morgan fingerprint density at radius 2 is 1.97 bits per heavy atom. The third-order valence-corrected chi connectivity index (χ3v) is 5.58. The lowest BCUT2D eigenvalue weighted by Gasteiger charge is -2.27. The van der Waals surface area contributed by atoms with Crippen LogP contribution in [0.5, 0.6) is 5.88 Å². The molecule has 8 nitrogen and oxygen atoms in total. The Kier molecular flexibility index (Phi) is 5.33. The van der Waals surface area contributed by atoms with Gasteiger partial charge in [-0.3, -0.25) is 4.79 Å². The molecule has 0 N–H and O–H groups in total. The molecule has 0 radical (unpaired) electrons. The molecule has 0 aliphatic carbocycles. The van der Waals surface area contributed by atoms with Crippen LogP contribution in [0.1, 0.15) is 40.5 Å². The van der Waals surface area contributed by atoms with Gasteiger partial charge in [-0.05, 0) is 38.0 Å². The number of likely N-dealkylation sites (tertiary alicyclic amines) is 1. The van der Waals surface area contributed by atoms with E-state index in [1.807, 2.05) is 4.90 Å². The summed E-state index contributed by atoms with van der Waals surface area (Å²) in [6.07, 6.45) is 4.91. The van der Waals surface area contributed by atoms with Gasteiger partial charge in [0.1, 0.15) is 11.4 Å². The number of ether oxygens (including phenoxy) is 2. The molecule has 2 aromatic heterocycles. The quantitative estimate of drug-likeness (QED) is 0.716. The first-order valence-corrected chi connectivity index (χ1v) is 9.83. The van der Waals surface area contributed by atoms with E-state index in [1.54, 1.807) is 50.7 Å². The van der Waals surface area contributed by atoms with Gasteiger partial charge < -0.3 is 19.3 Å². The second kappa shape index (κ2) is 8.06.